The van der Waals surface area contributed by atoms with Crippen LogP contribution in [0.25, 0.3) is 0 Å². The van der Waals surface area contributed by atoms with E-state index in [9.17, 15) is 9.59 Å². The summed E-state index contributed by atoms with van der Waals surface area (Å²) in [4.78, 5) is 23.9. The van der Waals surface area contributed by atoms with Crippen molar-refractivity contribution in [3.05, 3.63) is 29.3 Å². The molecule has 3 rings (SSSR count). The van der Waals surface area contributed by atoms with Gasteiger partial charge in [0.15, 0.2) is 13.2 Å². The third kappa shape index (κ3) is 4.57. The van der Waals surface area contributed by atoms with Crippen molar-refractivity contribution >= 4 is 11.9 Å². The number of carbonyl (C=O) groups is 2. The summed E-state index contributed by atoms with van der Waals surface area (Å²) in [5.74, 6) is 2.07. The first kappa shape index (κ1) is 18.7. The molecule has 5 heteroatoms. The van der Waals surface area contributed by atoms with E-state index in [0.717, 1.165) is 23.0 Å². The monoisotopic (exact) mass is 359 g/mol. The number of hydrogen-bond donors (Lipinski definition) is 1. The zero-order valence-electron chi connectivity index (χ0n) is 15.9. The van der Waals surface area contributed by atoms with Gasteiger partial charge in [0, 0.05) is 6.04 Å². The molecule has 1 aromatic carbocycles. The number of aryl methyl sites for hydroxylation is 2. The topological polar surface area (TPSA) is 64.6 Å². The Bertz CT molecular complexity index is 672. The summed E-state index contributed by atoms with van der Waals surface area (Å²) in [6, 6.07) is 5.96. The molecule has 4 atom stereocenters. The van der Waals surface area contributed by atoms with Gasteiger partial charge in [0.25, 0.3) is 5.91 Å². The highest BCUT2D eigenvalue weighted by atomic mass is 16.6. The summed E-state index contributed by atoms with van der Waals surface area (Å²) in [5.41, 5.74) is 2.02. The van der Waals surface area contributed by atoms with Crippen molar-refractivity contribution in [2.75, 3.05) is 13.2 Å². The number of ether oxygens (including phenoxy) is 2. The first-order valence-corrected chi connectivity index (χ1v) is 9.57. The summed E-state index contributed by atoms with van der Waals surface area (Å²) in [5, 5.41) is 3.00. The van der Waals surface area contributed by atoms with Gasteiger partial charge < -0.3 is 14.8 Å². The predicted octanol–water partition coefficient (Wildman–Crippen LogP) is 3.17. The number of rotatable bonds is 7. The van der Waals surface area contributed by atoms with E-state index in [-0.39, 0.29) is 25.2 Å². The zero-order chi connectivity index (χ0) is 18.7. The van der Waals surface area contributed by atoms with E-state index in [1.165, 1.54) is 25.7 Å². The molecule has 1 amide bonds. The van der Waals surface area contributed by atoms with Crippen molar-refractivity contribution in [3.63, 3.8) is 0 Å². The quantitative estimate of drug-likeness (QED) is 0.760. The van der Waals surface area contributed by atoms with Crippen molar-refractivity contribution in [1.82, 2.24) is 5.32 Å². The highest BCUT2D eigenvalue weighted by Gasteiger charge is 2.42. The fraction of sp³-hybridized carbons (Fsp3) is 0.619. The lowest BCUT2D eigenvalue weighted by molar-refractivity contribution is -0.150. The number of carbonyl (C=O) groups excluding carboxylic acids is 2. The van der Waals surface area contributed by atoms with Crippen LogP contribution in [-0.2, 0) is 14.3 Å². The van der Waals surface area contributed by atoms with Crippen molar-refractivity contribution in [2.24, 2.45) is 17.8 Å². The van der Waals surface area contributed by atoms with Gasteiger partial charge in [0.05, 0.1) is 0 Å². The third-order valence-electron chi connectivity index (χ3n) is 5.88. The number of nitrogens with one attached hydrogen (secondary N) is 1. The molecule has 2 bridgehead atoms. The van der Waals surface area contributed by atoms with E-state index in [4.69, 9.17) is 9.47 Å². The summed E-state index contributed by atoms with van der Waals surface area (Å²) < 4.78 is 10.5. The average Bonchev–Trinajstić information content (AvgIpc) is 3.24. The highest BCUT2D eigenvalue weighted by Crippen LogP contribution is 2.49. The van der Waals surface area contributed by atoms with Crippen LogP contribution in [0.3, 0.4) is 0 Å². The van der Waals surface area contributed by atoms with E-state index in [1.54, 1.807) is 0 Å². The van der Waals surface area contributed by atoms with Gasteiger partial charge in [-0.1, -0.05) is 18.6 Å². The molecular weight excluding hydrogens is 330 g/mol. The van der Waals surface area contributed by atoms with Crippen molar-refractivity contribution < 1.29 is 19.1 Å². The van der Waals surface area contributed by atoms with Crippen LogP contribution < -0.4 is 10.1 Å². The maximum absolute atomic E-state index is 12.1. The zero-order valence-corrected chi connectivity index (χ0v) is 15.9. The van der Waals surface area contributed by atoms with Crippen LogP contribution in [0.5, 0.6) is 5.75 Å². The third-order valence-corrected chi connectivity index (χ3v) is 5.88. The van der Waals surface area contributed by atoms with Crippen LogP contribution >= 0.6 is 0 Å². The van der Waals surface area contributed by atoms with Crippen LogP contribution in [0, 0.1) is 31.6 Å². The Hall–Kier alpha value is -2.04. The smallest absolute Gasteiger partial charge is 0.344 e. The van der Waals surface area contributed by atoms with Crippen LogP contribution in [-0.4, -0.2) is 31.1 Å². The number of fused-ring (bicyclic) bond motifs is 2. The van der Waals surface area contributed by atoms with Gasteiger partial charge in [-0.2, -0.15) is 0 Å². The van der Waals surface area contributed by atoms with E-state index < -0.39 is 5.97 Å². The number of benzene rings is 1. The lowest BCUT2D eigenvalue weighted by Gasteiger charge is -2.28. The van der Waals surface area contributed by atoms with Gasteiger partial charge in [-0.25, -0.2) is 4.79 Å². The minimum atomic E-state index is -0.534. The van der Waals surface area contributed by atoms with E-state index in [1.807, 2.05) is 32.0 Å². The molecular formula is C21H29NO4. The SMILES string of the molecule is Cc1ccc(C)c(OCC(=O)OCC(=O)N[C@@H](C)[C@H]2C[C@H]3CC[C@H]2C3)c1. The normalized spacial score (nSPS) is 25.0. The number of esters is 1. The molecule has 0 radical (unpaired) electrons. The predicted molar refractivity (Wildman–Crippen MR) is 98.9 cm³/mol. The largest absolute Gasteiger partial charge is 0.482 e. The standard InChI is InChI=1S/C21H29NO4/c1-13-4-5-14(2)19(8-13)25-12-21(24)26-11-20(23)22-15(3)18-10-16-6-7-17(18)9-16/h4-5,8,15-18H,6-7,9-12H2,1-3H3,(H,22,23)/t15-,16-,17-,18+/m0/s1. The summed E-state index contributed by atoms with van der Waals surface area (Å²) in [6.07, 6.45) is 5.17. The van der Waals surface area contributed by atoms with Crippen LogP contribution in [0.2, 0.25) is 0 Å². The van der Waals surface area contributed by atoms with Gasteiger partial charge in [-0.15, -0.1) is 0 Å². The summed E-state index contributed by atoms with van der Waals surface area (Å²) in [7, 11) is 0. The van der Waals surface area contributed by atoms with Gasteiger partial charge in [-0.3, -0.25) is 4.79 Å². The van der Waals surface area contributed by atoms with Crippen molar-refractivity contribution in [3.8, 4) is 5.75 Å². The first-order valence-electron chi connectivity index (χ1n) is 9.57. The van der Waals surface area contributed by atoms with Crippen molar-refractivity contribution in [1.29, 1.82) is 0 Å². The molecule has 1 N–H and O–H groups in total. The molecule has 2 aliphatic carbocycles. The van der Waals surface area contributed by atoms with Gasteiger partial charge >= 0.3 is 5.97 Å². The Balaban J connectivity index is 1.37. The Labute approximate surface area is 155 Å². The van der Waals surface area contributed by atoms with Crippen LogP contribution in [0.15, 0.2) is 18.2 Å². The highest BCUT2D eigenvalue weighted by molar-refractivity contribution is 5.81. The van der Waals surface area contributed by atoms with E-state index in [2.05, 4.69) is 12.2 Å². The summed E-state index contributed by atoms with van der Waals surface area (Å²) in [6.45, 7) is 5.51. The molecule has 1 aromatic rings. The van der Waals surface area contributed by atoms with Gasteiger partial charge in [-0.05, 0) is 75.0 Å². The average molecular weight is 359 g/mol. The Morgan fingerprint density at radius 2 is 2.00 bits per heavy atom. The van der Waals surface area contributed by atoms with Crippen molar-refractivity contribution in [2.45, 2.75) is 52.5 Å². The molecule has 0 saturated heterocycles. The second-order valence-corrected chi connectivity index (χ2v) is 7.91. The molecule has 0 unspecified atom stereocenters. The Morgan fingerprint density at radius 1 is 1.19 bits per heavy atom. The molecule has 0 spiro atoms. The molecule has 2 fully saturated rings. The first-order chi connectivity index (χ1) is 12.4. The minimum absolute atomic E-state index is 0.141. The number of amides is 1. The number of hydrogen-bond acceptors (Lipinski definition) is 4. The van der Waals surface area contributed by atoms with Gasteiger partial charge in [0.2, 0.25) is 0 Å². The molecule has 0 heterocycles. The molecule has 5 nitrogen and oxygen atoms in total. The van der Waals surface area contributed by atoms with Crippen LogP contribution in [0.4, 0.5) is 0 Å². The lowest BCUT2D eigenvalue weighted by atomic mass is 9.84. The lowest BCUT2D eigenvalue weighted by Crippen LogP contribution is -2.42. The van der Waals surface area contributed by atoms with Gasteiger partial charge in [0.1, 0.15) is 5.75 Å². The fourth-order valence-electron chi connectivity index (χ4n) is 4.50. The molecule has 0 aromatic heterocycles. The molecule has 2 aliphatic rings. The second-order valence-electron chi connectivity index (χ2n) is 7.91. The minimum Gasteiger partial charge on any atom is -0.482 e. The van der Waals surface area contributed by atoms with E-state index >= 15 is 0 Å². The summed E-state index contributed by atoms with van der Waals surface area (Å²) >= 11 is 0. The molecule has 26 heavy (non-hydrogen) atoms. The Kier molecular flexibility index (Phi) is 5.84. The second kappa shape index (κ2) is 8.11. The maximum atomic E-state index is 12.1. The fourth-order valence-corrected chi connectivity index (χ4v) is 4.50. The Morgan fingerprint density at radius 3 is 2.69 bits per heavy atom. The molecule has 0 aliphatic heterocycles. The maximum Gasteiger partial charge on any atom is 0.344 e. The van der Waals surface area contributed by atoms with E-state index in [0.29, 0.717) is 11.7 Å². The van der Waals surface area contributed by atoms with Crippen LogP contribution in [0.1, 0.15) is 43.7 Å². The molecule has 2 saturated carbocycles. The molecule has 142 valence electrons.